The SMILES string of the molecule is Cc1cnc(Cc2ccc(F)c(F)c2)o1. The molecule has 78 valence electrons. The molecule has 0 fully saturated rings. The Hall–Kier alpha value is -1.71. The fraction of sp³-hybridized carbons (Fsp3) is 0.182. The van der Waals surface area contributed by atoms with Gasteiger partial charge in [-0.25, -0.2) is 13.8 Å². The van der Waals surface area contributed by atoms with Crippen molar-refractivity contribution in [1.29, 1.82) is 0 Å². The van der Waals surface area contributed by atoms with E-state index in [1.54, 1.807) is 13.1 Å². The number of halogens is 2. The molecule has 0 aliphatic heterocycles. The van der Waals surface area contributed by atoms with Crippen LogP contribution in [-0.2, 0) is 6.42 Å². The van der Waals surface area contributed by atoms with Crippen LogP contribution in [-0.4, -0.2) is 4.98 Å². The molecule has 0 unspecified atom stereocenters. The second-order valence-corrected chi connectivity index (χ2v) is 3.29. The largest absolute Gasteiger partial charge is 0.446 e. The van der Waals surface area contributed by atoms with Gasteiger partial charge in [-0.1, -0.05) is 6.07 Å². The summed E-state index contributed by atoms with van der Waals surface area (Å²) in [5.41, 5.74) is 0.635. The lowest BCUT2D eigenvalue weighted by atomic mass is 10.1. The van der Waals surface area contributed by atoms with Crippen LogP contribution in [0.3, 0.4) is 0 Å². The van der Waals surface area contributed by atoms with Crippen molar-refractivity contribution < 1.29 is 13.2 Å². The molecule has 0 aliphatic rings. The minimum absolute atomic E-state index is 0.366. The summed E-state index contributed by atoms with van der Waals surface area (Å²) < 4.78 is 30.7. The molecule has 0 N–H and O–H groups in total. The van der Waals surface area contributed by atoms with Gasteiger partial charge in [0, 0.05) is 6.42 Å². The zero-order chi connectivity index (χ0) is 10.8. The molecule has 1 heterocycles. The molecule has 2 rings (SSSR count). The van der Waals surface area contributed by atoms with Gasteiger partial charge in [0.1, 0.15) is 5.76 Å². The van der Waals surface area contributed by atoms with Crippen LogP contribution in [0.1, 0.15) is 17.2 Å². The third-order valence-electron chi connectivity index (χ3n) is 2.01. The van der Waals surface area contributed by atoms with Gasteiger partial charge < -0.3 is 4.42 Å². The molecule has 1 aromatic heterocycles. The average molecular weight is 209 g/mol. The number of aryl methyl sites for hydroxylation is 1. The molecular weight excluding hydrogens is 200 g/mol. The Kier molecular flexibility index (Phi) is 2.49. The van der Waals surface area contributed by atoms with Crippen LogP contribution in [0.25, 0.3) is 0 Å². The van der Waals surface area contributed by atoms with Crippen LogP contribution in [0.4, 0.5) is 8.78 Å². The fourth-order valence-electron chi connectivity index (χ4n) is 1.31. The number of hydrogen-bond donors (Lipinski definition) is 0. The second-order valence-electron chi connectivity index (χ2n) is 3.29. The number of benzene rings is 1. The Bertz CT molecular complexity index is 479. The first kappa shape index (κ1) is 9.83. The lowest BCUT2D eigenvalue weighted by Gasteiger charge is -1.98. The van der Waals surface area contributed by atoms with E-state index in [0.29, 0.717) is 23.6 Å². The Morgan fingerprint density at radius 2 is 2.07 bits per heavy atom. The lowest BCUT2D eigenvalue weighted by molar-refractivity contribution is 0.479. The van der Waals surface area contributed by atoms with Gasteiger partial charge in [0.15, 0.2) is 17.5 Å². The van der Waals surface area contributed by atoms with Crippen molar-refractivity contribution in [2.45, 2.75) is 13.3 Å². The minimum atomic E-state index is -0.851. The third-order valence-corrected chi connectivity index (χ3v) is 2.01. The molecule has 2 nitrogen and oxygen atoms in total. The van der Waals surface area contributed by atoms with Crippen molar-refractivity contribution in [2.75, 3.05) is 0 Å². The Morgan fingerprint density at radius 1 is 1.27 bits per heavy atom. The van der Waals surface area contributed by atoms with E-state index in [1.807, 2.05) is 0 Å². The quantitative estimate of drug-likeness (QED) is 0.760. The monoisotopic (exact) mass is 209 g/mol. The van der Waals surface area contributed by atoms with Crippen molar-refractivity contribution in [1.82, 2.24) is 4.98 Å². The van der Waals surface area contributed by atoms with Crippen molar-refractivity contribution in [3.05, 3.63) is 53.2 Å². The van der Waals surface area contributed by atoms with Gasteiger partial charge in [0.25, 0.3) is 0 Å². The molecular formula is C11H9F2NO. The van der Waals surface area contributed by atoms with Crippen LogP contribution in [0, 0.1) is 18.6 Å². The van der Waals surface area contributed by atoms with E-state index in [1.165, 1.54) is 6.07 Å². The van der Waals surface area contributed by atoms with E-state index in [-0.39, 0.29) is 0 Å². The molecule has 0 amide bonds. The van der Waals surface area contributed by atoms with Crippen molar-refractivity contribution in [3.63, 3.8) is 0 Å². The van der Waals surface area contributed by atoms with Gasteiger partial charge in [-0.3, -0.25) is 0 Å². The number of rotatable bonds is 2. The minimum Gasteiger partial charge on any atom is -0.446 e. The molecule has 0 saturated heterocycles. The predicted octanol–water partition coefficient (Wildman–Crippen LogP) is 2.85. The second kappa shape index (κ2) is 3.81. The number of oxazole rings is 1. The average Bonchev–Trinajstić information content (AvgIpc) is 2.58. The molecule has 0 aliphatic carbocycles. The van der Waals surface area contributed by atoms with Crippen LogP contribution < -0.4 is 0 Å². The number of nitrogens with zero attached hydrogens (tertiary/aromatic N) is 1. The molecule has 0 radical (unpaired) electrons. The van der Waals surface area contributed by atoms with E-state index in [4.69, 9.17) is 4.42 Å². The molecule has 1 aromatic carbocycles. The van der Waals surface area contributed by atoms with E-state index < -0.39 is 11.6 Å². The first-order chi connectivity index (χ1) is 7.15. The highest BCUT2D eigenvalue weighted by Crippen LogP contribution is 2.13. The van der Waals surface area contributed by atoms with E-state index in [0.717, 1.165) is 12.1 Å². The number of hydrogen-bond acceptors (Lipinski definition) is 2. The lowest BCUT2D eigenvalue weighted by Crippen LogP contribution is -1.91. The highest BCUT2D eigenvalue weighted by molar-refractivity contribution is 5.20. The van der Waals surface area contributed by atoms with Gasteiger partial charge in [-0.05, 0) is 24.6 Å². The first-order valence-corrected chi connectivity index (χ1v) is 4.50. The molecule has 0 atom stereocenters. The van der Waals surface area contributed by atoms with Crippen molar-refractivity contribution in [3.8, 4) is 0 Å². The molecule has 0 spiro atoms. The highest BCUT2D eigenvalue weighted by atomic mass is 19.2. The first-order valence-electron chi connectivity index (χ1n) is 4.50. The summed E-state index contributed by atoms with van der Waals surface area (Å²) >= 11 is 0. The zero-order valence-corrected chi connectivity index (χ0v) is 8.13. The van der Waals surface area contributed by atoms with Gasteiger partial charge in [0.05, 0.1) is 6.20 Å². The van der Waals surface area contributed by atoms with Crippen LogP contribution >= 0.6 is 0 Å². The van der Waals surface area contributed by atoms with E-state index >= 15 is 0 Å². The van der Waals surface area contributed by atoms with E-state index in [2.05, 4.69) is 4.98 Å². The van der Waals surface area contributed by atoms with Crippen LogP contribution in [0.15, 0.2) is 28.8 Å². The van der Waals surface area contributed by atoms with Crippen LogP contribution in [0.5, 0.6) is 0 Å². The summed E-state index contributed by atoms with van der Waals surface area (Å²) in [4.78, 5) is 3.98. The van der Waals surface area contributed by atoms with Crippen LogP contribution in [0.2, 0.25) is 0 Å². The summed E-state index contributed by atoms with van der Waals surface area (Å²) in [6.45, 7) is 1.78. The summed E-state index contributed by atoms with van der Waals surface area (Å²) in [7, 11) is 0. The maximum absolute atomic E-state index is 12.9. The maximum Gasteiger partial charge on any atom is 0.198 e. The highest BCUT2D eigenvalue weighted by Gasteiger charge is 2.06. The Balaban J connectivity index is 2.21. The topological polar surface area (TPSA) is 26.0 Å². The summed E-state index contributed by atoms with van der Waals surface area (Å²) in [6, 6.07) is 3.76. The van der Waals surface area contributed by atoms with Gasteiger partial charge in [-0.2, -0.15) is 0 Å². The van der Waals surface area contributed by atoms with Crippen molar-refractivity contribution in [2.24, 2.45) is 0 Å². The van der Waals surface area contributed by atoms with Gasteiger partial charge >= 0.3 is 0 Å². The third kappa shape index (κ3) is 2.21. The standard InChI is InChI=1S/C11H9F2NO/c1-7-6-14-11(15-7)5-8-2-3-9(12)10(13)4-8/h2-4,6H,5H2,1H3. The van der Waals surface area contributed by atoms with Crippen molar-refractivity contribution >= 4 is 0 Å². The fourth-order valence-corrected chi connectivity index (χ4v) is 1.31. The molecule has 15 heavy (non-hydrogen) atoms. The smallest absolute Gasteiger partial charge is 0.198 e. The molecule has 0 saturated carbocycles. The predicted molar refractivity (Wildman–Crippen MR) is 50.4 cm³/mol. The summed E-state index contributed by atoms with van der Waals surface area (Å²) in [6.07, 6.45) is 1.96. The van der Waals surface area contributed by atoms with Gasteiger partial charge in [-0.15, -0.1) is 0 Å². The molecule has 0 bridgehead atoms. The molecule has 4 heteroatoms. The number of aromatic nitrogens is 1. The maximum atomic E-state index is 12.9. The normalized spacial score (nSPS) is 10.6. The van der Waals surface area contributed by atoms with E-state index in [9.17, 15) is 8.78 Å². The summed E-state index contributed by atoms with van der Waals surface area (Å²) in [5, 5.41) is 0. The zero-order valence-electron chi connectivity index (χ0n) is 8.13. The van der Waals surface area contributed by atoms with Gasteiger partial charge in [0.2, 0.25) is 0 Å². The molecule has 2 aromatic rings. The summed E-state index contributed by atoms with van der Waals surface area (Å²) in [5.74, 6) is -0.496. The Labute approximate surface area is 85.6 Å². The Morgan fingerprint density at radius 3 is 2.67 bits per heavy atom.